The Bertz CT molecular complexity index is 578. The lowest BCUT2D eigenvalue weighted by atomic mass is 9.82. The van der Waals surface area contributed by atoms with E-state index in [9.17, 15) is 0 Å². The number of hydrogen-bond acceptors (Lipinski definition) is 2. The van der Waals surface area contributed by atoms with Gasteiger partial charge >= 0.3 is 0 Å². The first-order valence-electron chi connectivity index (χ1n) is 6.78. The molecule has 0 aliphatic heterocycles. The Balaban J connectivity index is 2.00. The van der Waals surface area contributed by atoms with Gasteiger partial charge in [-0.25, -0.2) is 0 Å². The molecule has 1 atom stereocenters. The van der Waals surface area contributed by atoms with E-state index in [1.807, 2.05) is 0 Å². The van der Waals surface area contributed by atoms with Crippen molar-refractivity contribution in [3.8, 4) is 0 Å². The predicted molar refractivity (Wildman–Crippen MR) is 85.6 cm³/mol. The van der Waals surface area contributed by atoms with Crippen LogP contribution in [-0.2, 0) is 18.4 Å². The summed E-state index contributed by atoms with van der Waals surface area (Å²) in [6, 6.07) is 10.8. The van der Waals surface area contributed by atoms with Crippen molar-refractivity contribution in [1.29, 1.82) is 0 Å². The van der Waals surface area contributed by atoms with E-state index in [1.54, 1.807) is 11.3 Å². The van der Waals surface area contributed by atoms with Crippen LogP contribution in [0.15, 0.2) is 40.2 Å². The smallest absolute Gasteiger partial charge is 0.0461 e. The average molecular weight is 336 g/mol. The summed E-state index contributed by atoms with van der Waals surface area (Å²) >= 11 is 5.43. The first kappa shape index (κ1) is 13.3. The van der Waals surface area contributed by atoms with E-state index in [0.717, 1.165) is 12.8 Å². The molecule has 1 aromatic heterocycles. The largest absolute Gasteiger partial charge is 0.321 e. The second-order valence-electron chi connectivity index (χ2n) is 5.39. The van der Waals surface area contributed by atoms with Gasteiger partial charge in [0.2, 0.25) is 0 Å². The van der Waals surface area contributed by atoms with Crippen LogP contribution in [0.3, 0.4) is 0 Å². The molecule has 1 unspecified atom stereocenters. The molecule has 1 aliphatic rings. The molecule has 2 aromatic rings. The maximum absolute atomic E-state index is 6.82. The van der Waals surface area contributed by atoms with Gasteiger partial charge in [-0.2, -0.15) is 0 Å². The lowest BCUT2D eigenvalue weighted by Gasteiger charge is -2.30. The molecule has 0 saturated heterocycles. The zero-order valence-corrected chi connectivity index (χ0v) is 13.3. The summed E-state index contributed by atoms with van der Waals surface area (Å²) in [6.45, 7) is 0. The third-order valence-corrected chi connectivity index (χ3v) is 5.97. The number of hydrogen-bond donors (Lipinski definition) is 1. The van der Waals surface area contributed by atoms with Crippen LogP contribution in [0.4, 0.5) is 0 Å². The number of halogens is 1. The number of benzene rings is 1. The van der Waals surface area contributed by atoms with E-state index in [4.69, 9.17) is 5.73 Å². The molecule has 0 bridgehead atoms. The fourth-order valence-corrected chi connectivity index (χ4v) is 4.65. The van der Waals surface area contributed by atoms with Crippen molar-refractivity contribution in [2.45, 2.75) is 37.6 Å². The van der Waals surface area contributed by atoms with Gasteiger partial charge in [0.1, 0.15) is 0 Å². The summed E-state index contributed by atoms with van der Waals surface area (Å²) in [5.74, 6) is 0. The van der Waals surface area contributed by atoms with E-state index in [-0.39, 0.29) is 5.54 Å². The molecule has 0 fully saturated rings. The van der Waals surface area contributed by atoms with Gasteiger partial charge < -0.3 is 5.73 Å². The average Bonchev–Trinajstić information content (AvgIpc) is 2.72. The fourth-order valence-electron chi connectivity index (χ4n) is 3.04. The molecular formula is C16H18BrNS. The summed E-state index contributed by atoms with van der Waals surface area (Å²) in [4.78, 5) is 1.36. The Labute approximate surface area is 127 Å². The first-order chi connectivity index (χ1) is 9.19. The van der Waals surface area contributed by atoms with E-state index < -0.39 is 0 Å². The monoisotopic (exact) mass is 335 g/mol. The lowest BCUT2D eigenvalue weighted by Crippen LogP contribution is -2.39. The minimum absolute atomic E-state index is 0.208. The first-order valence-corrected chi connectivity index (χ1v) is 8.45. The van der Waals surface area contributed by atoms with Gasteiger partial charge in [0, 0.05) is 21.3 Å². The SMILES string of the molecule is NC1(Cc2sccc2Br)CCCCc2ccccc21. The van der Waals surface area contributed by atoms with Gasteiger partial charge in [0.05, 0.1) is 0 Å². The van der Waals surface area contributed by atoms with Crippen molar-refractivity contribution < 1.29 is 0 Å². The van der Waals surface area contributed by atoms with Gasteiger partial charge in [0.25, 0.3) is 0 Å². The molecule has 2 N–H and O–H groups in total. The van der Waals surface area contributed by atoms with Crippen LogP contribution in [0.2, 0.25) is 0 Å². The maximum Gasteiger partial charge on any atom is 0.0461 e. The van der Waals surface area contributed by atoms with Crippen molar-refractivity contribution in [1.82, 2.24) is 0 Å². The Kier molecular flexibility index (Phi) is 3.79. The number of aryl methyl sites for hydroxylation is 1. The predicted octanol–water partition coefficient (Wildman–Crippen LogP) is 4.63. The molecule has 19 heavy (non-hydrogen) atoms. The van der Waals surface area contributed by atoms with Crippen molar-refractivity contribution in [3.05, 3.63) is 56.2 Å². The fraction of sp³-hybridized carbons (Fsp3) is 0.375. The highest BCUT2D eigenvalue weighted by Gasteiger charge is 2.32. The van der Waals surface area contributed by atoms with Crippen LogP contribution >= 0.6 is 27.3 Å². The number of rotatable bonds is 2. The molecule has 0 spiro atoms. The highest BCUT2D eigenvalue weighted by molar-refractivity contribution is 9.10. The standard InChI is InChI=1S/C16H18BrNS/c17-14-8-10-19-15(14)11-16(18)9-4-3-6-12-5-1-2-7-13(12)16/h1-2,5,7-8,10H,3-4,6,9,11,18H2. The zero-order valence-electron chi connectivity index (χ0n) is 10.9. The maximum atomic E-state index is 6.82. The van der Waals surface area contributed by atoms with Gasteiger partial charge in [-0.1, -0.05) is 30.7 Å². The highest BCUT2D eigenvalue weighted by Crippen LogP contribution is 2.37. The third-order valence-electron chi connectivity index (χ3n) is 4.04. The second kappa shape index (κ2) is 5.39. The van der Waals surface area contributed by atoms with Crippen LogP contribution in [0.5, 0.6) is 0 Å². The molecule has 0 radical (unpaired) electrons. The summed E-state index contributed by atoms with van der Waals surface area (Å²) in [6.07, 6.45) is 5.65. The van der Waals surface area contributed by atoms with Crippen molar-refractivity contribution in [2.75, 3.05) is 0 Å². The minimum Gasteiger partial charge on any atom is -0.321 e. The Morgan fingerprint density at radius 1 is 1.21 bits per heavy atom. The summed E-state index contributed by atoms with van der Waals surface area (Å²) in [5, 5.41) is 2.13. The third kappa shape index (κ3) is 2.64. The summed E-state index contributed by atoms with van der Waals surface area (Å²) in [7, 11) is 0. The Morgan fingerprint density at radius 2 is 2.05 bits per heavy atom. The van der Waals surface area contributed by atoms with Gasteiger partial charge in [-0.15, -0.1) is 11.3 Å². The second-order valence-corrected chi connectivity index (χ2v) is 7.24. The molecule has 0 saturated carbocycles. The van der Waals surface area contributed by atoms with Crippen molar-refractivity contribution in [3.63, 3.8) is 0 Å². The van der Waals surface area contributed by atoms with Crippen molar-refractivity contribution >= 4 is 27.3 Å². The molecule has 1 aromatic carbocycles. The minimum atomic E-state index is -0.208. The van der Waals surface area contributed by atoms with Crippen LogP contribution in [0, 0.1) is 0 Å². The molecule has 3 rings (SSSR count). The van der Waals surface area contributed by atoms with Gasteiger partial charge in [0.15, 0.2) is 0 Å². The highest BCUT2D eigenvalue weighted by atomic mass is 79.9. The van der Waals surface area contributed by atoms with Crippen LogP contribution < -0.4 is 5.73 Å². The molecule has 1 aliphatic carbocycles. The van der Waals surface area contributed by atoms with Crippen LogP contribution in [0.1, 0.15) is 35.3 Å². The molecule has 0 amide bonds. The Hall–Kier alpha value is -0.640. The van der Waals surface area contributed by atoms with Crippen LogP contribution in [-0.4, -0.2) is 0 Å². The molecule has 3 heteroatoms. The van der Waals surface area contributed by atoms with E-state index >= 15 is 0 Å². The number of thiophene rings is 1. The molecule has 1 heterocycles. The topological polar surface area (TPSA) is 26.0 Å². The molecular weight excluding hydrogens is 318 g/mol. The normalized spacial score (nSPS) is 22.8. The summed E-state index contributed by atoms with van der Waals surface area (Å²) < 4.78 is 1.20. The quantitative estimate of drug-likeness (QED) is 0.795. The molecule has 100 valence electrons. The van der Waals surface area contributed by atoms with Gasteiger partial charge in [-0.05, 0) is 57.8 Å². The number of fused-ring (bicyclic) bond motifs is 1. The van der Waals surface area contributed by atoms with Gasteiger partial charge in [-0.3, -0.25) is 0 Å². The molecule has 1 nitrogen and oxygen atoms in total. The Morgan fingerprint density at radius 3 is 2.84 bits per heavy atom. The lowest BCUT2D eigenvalue weighted by molar-refractivity contribution is 0.401. The number of nitrogens with two attached hydrogens (primary N) is 1. The summed E-state index contributed by atoms with van der Waals surface area (Å²) in [5.41, 5.74) is 9.40. The van der Waals surface area contributed by atoms with E-state index in [1.165, 1.54) is 39.7 Å². The van der Waals surface area contributed by atoms with E-state index in [0.29, 0.717) is 0 Å². The zero-order chi connectivity index (χ0) is 13.3. The van der Waals surface area contributed by atoms with Crippen molar-refractivity contribution in [2.24, 2.45) is 5.73 Å². The van der Waals surface area contributed by atoms with E-state index in [2.05, 4.69) is 51.6 Å². The van der Waals surface area contributed by atoms with Crippen LogP contribution in [0.25, 0.3) is 0 Å².